The van der Waals surface area contributed by atoms with E-state index in [1.807, 2.05) is 0 Å². The summed E-state index contributed by atoms with van der Waals surface area (Å²) < 4.78 is 0. The first kappa shape index (κ1) is 28.9. The normalized spacial score (nSPS) is 10.7. The third kappa shape index (κ3) is 12.7. The number of hydrogen-bond donors (Lipinski definition) is 1. The monoisotopic (exact) mass is 680 g/mol. The van der Waals surface area contributed by atoms with E-state index in [1.165, 1.54) is 33.4 Å². The van der Waals surface area contributed by atoms with E-state index in [0.717, 1.165) is 12.3 Å². The number of halogens is 2. The van der Waals surface area contributed by atoms with E-state index in [9.17, 15) is 4.89 Å². The Morgan fingerprint density at radius 2 is 0.840 bits per heavy atom. The summed E-state index contributed by atoms with van der Waals surface area (Å²) >= 11 is 4.73. The van der Waals surface area contributed by atoms with Gasteiger partial charge in [0.05, 0.1) is 0 Å². The van der Waals surface area contributed by atoms with E-state index >= 15 is 0 Å². The molecule has 0 amide bonds. The number of hydrogen-bond acceptors (Lipinski definition) is 1. The molecule has 1 aromatic carbocycles. The molecule has 1 N–H and O–H groups in total. The molecular formula is C20H37I2OPRu. The van der Waals surface area contributed by atoms with Crippen LogP contribution in [0.2, 0.25) is 0 Å². The molecule has 0 spiro atoms. The molecular weight excluding hydrogens is 642 g/mol. The van der Waals surface area contributed by atoms with Crippen LogP contribution in [0.5, 0.6) is 0 Å². The molecule has 0 radical (unpaired) electrons. The van der Waals surface area contributed by atoms with Crippen LogP contribution in [0.1, 0.15) is 61.1 Å². The van der Waals surface area contributed by atoms with Gasteiger partial charge in [0, 0.05) is 8.15 Å². The zero-order valence-corrected chi connectivity index (χ0v) is 24.5. The van der Waals surface area contributed by atoms with Gasteiger partial charge < -0.3 is 4.89 Å². The fourth-order valence-electron chi connectivity index (χ4n) is 2.61. The number of rotatable bonds is 4. The van der Waals surface area contributed by atoms with Gasteiger partial charge in [0.15, 0.2) is 0 Å². The van der Waals surface area contributed by atoms with Gasteiger partial charge in [0.1, 0.15) is 0 Å². The quantitative estimate of drug-likeness (QED) is 0.195. The molecule has 0 saturated carbocycles. The van der Waals surface area contributed by atoms with Crippen LogP contribution >= 0.6 is 47.6 Å². The maximum atomic E-state index is 9.45. The zero-order chi connectivity index (χ0) is 20.3. The van der Waals surface area contributed by atoms with Crippen LogP contribution in [0.15, 0.2) is 0 Å². The van der Waals surface area contributed by atoms with Gasteiger partial charge >= 0.3 is 49.6 Å². The first-order valence-electron chi connectivity index (χ1n) is 8.73. The van der Waals surface area contributed by atoms with Crippen molar-refractivity contribution < 1.29 is 15.0 Å². The average Bonchev–Trinajstić information content (AvgIpc) is 2.49. The van der Waals surface area contributed by atoms with Crippen LogP contribution in [0, 0.1) is 53.4 Å². The van der Waals surface area contributed by atoms with Gasteiger partial charge in [-0.25, -0.2) is 0 Å². The van der Waals surface area contributed by atoms with Crippen molar-refractivity contribution >= 4 is 47.6 Å². The summed E-state index contributed by atoms with van der Waals surface area (Å²) in [6.45, 7) is 21.9. The SMILES string of the molecule is CC(C)CP(O)CC(C)C.Cc1c(C)c(C)c(C)c(C)c1C.[I][Ru][I]. The molecule has 0 aliphatic heterocycles. The van der Waals surface area contributed by atoms with Gasteiger partial charge in [-0.05, 0) is 99.1 Å². The molecule has 0 aliphatic carbocycles. The van der Waals surface area contributed by atoms with Crippen LogP contribution in [0.3, 0.4) is 0 Å². The zero-order valence-electron chi connectivity index (χ0n) is 17.6. The van der Waals surface area contributed by atoms with E-state index in [1.54, 1.807) is 0 Å². The molecule has 0 fully saturated rings. The van der Waals surface area contributed by atoms with Crippen molar-refractivity contribution in [1.82, 2.24) is 0 Å². The predicted octanol–water partition coefficient (Wildman–Crippen LogP) is 7.99. The molecule has 0 atom stereocenters. The molecule has 0 unspecified atom stereocenters. The molecule has 0 saturated heterocycles. The van der Waals surface area contributed by atoms with Crippen molar-refractivity contribution in [3.63, 3.8) is 0 Å². The summed E-state index contributed by atoms with van der Waals surface area (Å²) in [4.78, 5) is 9.45. The first-order chi connectivity index (χ1) is 11.4. The van der Waals surface area contributed by atoms with E-state index < -0.39 is 8.15 Å². The Morgan fingerprint density at radius 1 is 0.680 bits per heavy atom. The molecule has 150 valence electrons. The Bertz CT molecular complexity index is 390. The second kappa shape index (κ2) is 15.6. The summed E-state index contributed by atoms with van der Waals surface area (Å²) in [6, 6.07) is 0. The van der Waals surface area contributed by atoms with Crippen LogP contribution < -0.4 is 0 Å². The molecule has 0 heterocycles. The van der Waals surface area contributed by atoms with Crippen molar-refractivity contribution in [3.05, 3.63) is 33.4 Å². The van der Waals surface area contributed by atoms with Crippen LogP contribution in [0.25, 0.3) is 0 Å². The summed E-state index contributed by atoms with van der Waals surface area (Å²) in [5.74, 6) is 1.30. The molecule has 5 heteroatoms. The maximum absolute atomic E-state index is 9.45. The van der Waals surface area contributed by atoms with Crippen molar-refractivity contribution in [2.24, 2.45) is 11.8 Å². The first-order valence-corrected chi connectivity index (χ1v) is 20.7. The molecule has 0 aliphatic rings. The molecule has 25 heavy (non-hydrogen) atoms. The van der Waals surface area contributed by atoms with Crippen LogP contribution in [-0.4, -0.2) is 17.2 Å². The summed E-state index contributed by atoms with van der Waals surface area (Å²) in [6.07, 6.45) is 2.01. The number of benzene rings is 1. The van der Waals surface area contributed by atoms with E-state index in [-0.39, 0.29) is 0 Å². The van der Waals surface area contributed by atoms with Gasteiger partial charge in [0.2, 0.25) is 0 Å². The Hall–Kier alpha value is 1.69. The van der Waals surface area contributed by atoms with Gasteiger partial charge in [0.25, 0.3) is 0 Å². The van der Waals surface area contributed by atoms with Gasteiger partial charge in [-0.1, -0.05) is 27.7 Å². The second-order valence-electron chi connectivity index (χ2n) is 7.46. The van der Waals surface area contributed by atoms with E-state index in [2.05, 4.69) is 109 Å². The Kier molecular flexibility index (Phi) is 18.0. The standard InChI is InChI=1S/C12H18.C8H19OP.2HI.Ru/c1-7-8(2)10(4)12(6)11(5)9(7)3;1-7(2)5-10(9)6-8(3)4;;;/h1-6H3;7-9H,5-6H2,1-4H3;2*1H;/q;;;;+2/p-2. The fourth-order valence-corrected chi connectivity index (χ4v) is 4.44. The predicted molar refractivity (Wildman–Crippen MR) is 131 cm³/mol. The van der Waals surface area contributed by atoms with E-state index in [4.69, 9.17) is 0 Å². The molecule has 1 aromatic rings. The Labute approximate surface area is 187 Å². The van der Waals surface area contributed by atoms with Crippen molar-refractivity contribution in [3.8, 4) is 0 Å². The molecule has 1 nitrogen and oxygen atoms in total. The Morgan fingerprint density at radius 3 is 0.960 bits per heavy atom. The fraction of sp³-hybridized carbons (Fsp3) is 0.700. The van der Waals surface area contributed by atoms with Crippen molar-refractivity contribution in [2.45, 2.75) is 69.2 Å². The van der Waals surface area contributed by atoms with Crippen molar-refractivity contribution in [2.75, 3.05) is 12.3 Å². The minimum atomic E-state index is -0.659. The second-order valence-corrected chi connectivity index (χ2v) is 22.6. The average molecular weight is 679 g/mol. The third-order valence-corrected chi connectivity index (χ3v) is 6.83. The van der Waals surface area contributed by atoms with Crippen LogP contribution in [0.4, 0.5) is 0 Å². The van der Waals surface area contributed by atoms with Crippen LogP contribution in [-0.2, 0) is 10.1 Å². The third-order valence-electron chi connectivity index (χ3n) is 4.53. The molecule has 1 rings (SSSR count). The summed E-state index contributed by atoms with van der Waals surface area (Å²) in [5.41, 5.74) is 8.73. The summed E-state index contributed by atoms with van der Waals surface area (Å²) in [5, 5.41) is 0. The van der Waals surface area contributed by atoms with Gasteiger partial charge in [-0.2, -0.15) is 0 Å². The molecule has 0 bridgehead atoms. The summed E-state index contributed by atoms with van der Waals surface area (Å²) in [7, 11) is -0.00947. The van der Waals surface area contributed by atoms with Gasteiger partial charge in [-0.15, -0.1) is 0 Å². The van der Waals surface area contributed by atoms with Crippen molar-refractivity contribution in [1.29, 1.82) is 0 Å². The molecule has 0 aromatic heterocycles. The Balaban J connectivity index is 0. The van der Waals surface area contributed by atoms with Gasteiger partial charge in [-0.3, -0.25) is 0 Å². The van der Waals surface area contributed by atoms with E-state index in [0.29, 0.717) is 21.9 Å². The topological polar surface area (TPSA) is 20.2 Å². The minimum absolute atomic E-state index is 0.648.